The van der Waals surface area contributed by atoms with E-state index in [2.05, 4.69) is 59.9 Å². The van der Waals surface area contributed by atoms with Crippen LogP contribution in [0.2, 0.25) is 0 Å². The average Bonchev–Trinajstić information content (AvgIpc) is 2.99. The standard InChI is InChI=1S/C23H23NO2.ClH/c25-20-9-4-10-21(26)23(20)24-13-14-11-12-19-17-6-2-1-5-16(17)18-8-3-7-15(14)22(18)19;/h1-3,5-8,11-12,20-21,23-26H,4,9-10,13H2;1H/t20-,21+,23?;. The molecular formula is C23H24ClNO2. The summed E-state index contributed by atoms with van der Waals surface area (Å²) in [5.74, 6) is 0. The lowest BCUT2D eigenvalue weighted by Crippen LogP contribution is -2.50. The molecular weight excluding hydrogens is 358 g/mol. The molecule has 0 aliphatic heterocycles. The molecule has 3 nitrogen and oxygen atoms in total. The van der Waals surface area contributed by atoms with Gasteiger partial charge in [0, 0.05) is 6.54 Å². The average molecular weight is 382 g/mol. The van der Waals surface area contributed by atoms with Crippen LogP contribution in [0.15, 0.2) is 54.6 Å². The lowest BCUT2D eigenvalue weighted by atomic mass is 9.89. The fourth-order valence-electron chi connectivity index (χ4n) is 4.67. The number of benzene rings is 3. The second-order valence-corrected chi connectivity index (χ2v) is 7.52. The summed E-state index contributed by atoms with van der Waals surface area (Å²) in [5.41, 5.74) is 6.41. The fraction of sp³-hybridized carbons (Fsp3) is 0.304. The number of aliphatic hydroxyl groups excluding tert-OH is 2. The summed E-state index contributed by atoms with van der Waals surface area (Å²) in [6.45, 7) is 0.648. The van der Waals surface area contributed by atoms with Gasteiger partial charge in [0.2, 0.25) is 0 Å². The lowest BCUT2D eigenvalue weighted by Gasteiger charge is -2.33. The Hall–Kier alpha value is -1.91. The Morgan fingerprint density at radius 1 is 0.778 bits per heavy atom. The SMILES string of the molecule is Cl.O[C@@H]1CCC[C@H](O)C1NCc1ccc2c3c(cccc13)-c1ccccc1-2. The van der Waals surface area contributed by atoms with Crippen molar-refractivity contribution in [2.45, 2.75) is 44.1 Å². The van der Waals surface area contributed by atoms with Crippen LogP contribution in [-0.2, 0) is 6.54 Å². The van der Waals surface area contributed by atoms with Crippen molar-refractivity contribution >= 4 is 23.2 Å². The molecule has 1 fully saturated rings. The summed E-state index contributed by atoms with van der Waals surface area (Å²) in [7, 11) is 0. The lowest BCUT2D eigenvalue weighted by molar-refractivity contribution is 0.000913. The molecule has 0 heterocycles. The van der Waals surface area contributed by atoms with Crippen molar-refractivity contribution in [3.63, 3.8) is 0 Å². The highest BCUT2D eigenvalue weighted by atomic mass is 35.5. The summed E-state index contributed by atoms with van der Waals surface area (Å²) in [6, 6.07) is 19.2. The van der Waals surface area contributed by atoms with Crippen molar-refractivity contribution < 1.29 is 10.2 Å². The van der Waals surface area contributed by atoms with Gasteiger partial charge >= 0.3 is 0 Å². The normalized spacial score (nSPS) is 23.1. The van der Waals surface area contributed by atoms with Gasteiger partial charge in [-0.3, -0.25) is 0 Å². The predicted molar refractivity (Wildman–Crippen MR) is 112 cm³/mol. The molecule has 1 unspecified atom stereocenters. The molecule has 0 radical (unpaired) electrons. The van der Waals surface area contributed by atoms with Crippen LogP contribution >= 0.6 is 12.4 Å². The van der Waals surface area contributed by atoms with Crippen LogP contribution in [0.5, 0.6) is 0 Å². The van der Waals surface area contributed by atoms with E-state index in [1.807, 2.05) is 0 Å². The zero-order valence-corrected chi connectivity index (χ0v) is 15.9. The van der Waals surface area contributed by atoms with Crippen molar-refractivity contribution in [2.75, 3.05) is 0 Å². The molecule has 27 heavy (non-hydrogen) atoms. The van der Waals surface area contributed by atoms with E-state index < -0.39 is 12.2 Å². The molecule has 4 heteroatoms. The molecule has 0 saturated heterocycles. The number of aliphatic hydroxyl groups is 2. The monoisotopic (exact) mass is 381 g/mol. The summed E-state index contributed by atoms with van der Waals surface area (Å²) in [4.78, 5) is 0. The summed E-state index contributed by atoms with van der Waals surface area (Å²) >= 11 is 0. The maximum atomic E-state index is 10.2. The Morgan fingerprint density at radius 3 is 2.11 bits per heavy atom. The second-order valence-electron chi connectivity index (χ2n) is 7.52. The molecule has 3 aromatic carbocycles. The Morgan fingerprint density at radius 2 is 1.41 bits per heavy atom. The van der Waals surface area contributed by atoms with Gasteiger partial charge in [-0.1, -0.05) is 54.6 Å². The van der Waals surface area contributed by atoms with E-state index in [4.69, 9.17) is 0 Å². The smallest absolute Gasteiger partial charge is 0.0718 e. The van der Waals surface area contributed by atoms with Gasteiger partial charge in [-0.05, 0) is 57.9 Å². The van der Waals surface area contributed by atoms with Crippen molar-refractivity contribution in [3.8, 4) is 22.3 Å². The molecule has 0 bridgehead atoms. The largest absolute Gasteiger partial charge is 0.391 e. The molecule has 2 aliphatic carbocycles. The minimum atomic E-state index is -0.472. The third-order valence-electron chi connectivity index (χ3n) is 6.00. The van der Waals surface area contributed by atoms with Crippen LogP contribution in [0.25, 0.3) is 33.0 Å². The van der Waals surface area contributed by atoms with Crippen molar-refractivity contribution in [2.24, 2.45) is 0 Å². The molecule has 0 amide bonds. The fourth-order valence-corrected chi connectivity index (χ4v) is 4.67. The van der Waals surface area contributed by atoms with Crippen LogP contribution in [0.4, 0.5) is 0 Å². The molecule has 3 atom stereocenters. The van der Waals surface area contributed by atoms with Gasteiger partial charge in [-0.2, -0.15) is 0 Å². The molecule has 3 aromatic rings. The van der Waals surface area contributed by atoms with E-state index in [1.54, 1.807) is 0 Å². The Labute approximate surface area is 165 Å². The van der Waals surface area contributed by atoms with E-state index in [1.165, 1.54) is 38.6 Å². The third kappa shape index (κ3) is 2.95. The Bertz CT molecular complexity index is 948. The zero-order valence-electron chi connectivity index (χ0n) is 15.1. The van der Waals surface area contributed by atoms with Crippen molar-refractivity contribution in [3.05, 3.63) is 60.2 Å². The minimum Gasteiger partial charge on any atom is -0.391 e. The molecule has 5 rings (SSSR count). The van der Waals surface area contributed by atoms with Crippen LogP contribution in [0, 0.1) is 0 Å². The second kappa shape index (κ2) is 7.25. The minimum absolute atomic E-state index is 0. The number of hydrogen-bond acceptors (Lipinski definition) is 3. The van der Waals surface area contributed by atoms with Crippen LogP contribution in [0.3, 0.4) is 0 Å². The van der Waals surface area contributed by atoms with Crippen molar-refractivity contribution in [1.29, 1.82) is 0 Å². The van der Waals surface area contributed by atoms with E-state index >= 15 is 0 Å². The molecule has 3 N–H and O–H groups in total. The maximum Gasteiger partial charge on any atom is 0.0718 e. The first-order valence-corrected chi connectivity index (χ1v) is 9.48. The van der Waals surface area contributed by atoms with Crippen LogP contribution in [-0.4, -0.2) is 28.5 Å². The number of nitrogens with one attached hydrogen (secondary N) is 1. The molecule has 1 saturated carbocycles. The van der Waals surface area contributed by atoms with Crippen LogP contribution in [0.1, 0.15) is 24.8 Å². The highest BCUT2D eigenvalue weighted by Crippen LogP contribution is 2.47. The molecule has 0 aromatic heterocycles. The first kappa shape index (κ1) is 18.5. The van der Waals surface area contributed by atoms with Crippen molar-refractivity contribution in [1.82, 2.24) is 5.32 Å². The zero-order chi connectivity index (χ0) is 17.7. The van der Waals surface area contributed by atoms with Gasteiger partial charge in [0.1, 0.15) is 0 Å². The summed E-state index contributed by atoms with van der Waals surface area (Å²) < 4.78 is 0. The quantitative estimate of drug-likeness (QED) is 0.496. The van der Waals surface area contributed by atoms with Gasteiger partial charge in [-0.15, -0.1) is 12.4 Å². The Kier molecular flexibility index (Phi) is 4.95. The van der Waals surface area contributed by atoms with Gasteiger partial charge in [0.05, 0.1) is 18.2 Å². The maximum absolute atomic E-state index is 10.2. The first-order valence-electron chi connectivity index (χ1n) is 9.48. The summed E-state index contributed by atoms with van der Waals surface area (Å²) in [6.07, 6.45) is 1.46. The number of rotatable bonds is 3. The molecule has 140 valence electrons. The van der Waals surface area contributed by atoms with E-state index in [0.717, 1.165) is 19.3 Å². The molecule has 0 spiro atoms. The van der Waals surface area contributed by atoms with E-state index in [0.29, 0.717) is 6.54 Å². The first-order chi connectivity index (χ1) is 12.7. The topological polar surface area (TPSA) is 52.5 Å². The highest BCUT2D eigenvalue weighted by molar-refractivity contribution is 6.15. The Balaban J connectivity index is 0.00000180. The predicted octanol–water partition coefficient (Wildman–Crippen LogP) is 4.27. The number of halogens is 1. The van der Waals surface area contributed by atoms with E-state index in [9.17, 15) is 10.2 Å². The summed E-state index contributed by atoms with van der Waals surface area (Å²) in [5, 5.41) is 26.4. The highest BCUT2D eigenvalue weighted by Gasteiger charge is 2.30. The van der Waals surface area contributed by atoms with E-state index in [-0.39, 0.29) is 18.4 Å². The van der Waals surface area contributed by atoms with Gasteiger partial charge in [0.25, 0.3) is 0 Å². The molecule has 2 aliphatic rings. The van der Waals surface area contributed by atoms with Gasteiger partial charge in [-0.25, -0.2) is 0 Å². The number of fused-ring (bicyclic) bond motifs is 3. The van der Waals surface area contributed by atoms with Crippen LogP contribution < -0.4 is 5.32 Å². The van der Waals surface area contributed by atoms with Gasteiger partial charge < -0.3 is 15.5 Å². The van der Waals surface area contributed by atoms with Gasteiger partial charge in [0.15, 0.2) is 0 Å². The third-order valence-corrected chi connectivity index (χ3v) is 6.00. The number of hydrogen-bond donors (Lipinski definition) is 3.